The second-order valence-electron chi connectivity index (χ2n) is 5.18. The number of fused-ring (bicyclic) bond motifs is 1. The smallest absolute Gasteiger partial charge is 0.140 e. The molecule has 0 aliphatic rings. The molecule has 3 nitrogen and oxygen atoms in total. The van der Waals surface area contributed by atoms with E-state index in [1.165, 1.54) is 0 Å². The third-order valence-corrected chi connectivity index (χ3v) is 4.10. The van der Waals surface area contributed by atoms with Crippen molar-refractivity contribution < 1.29 is 9.47 Å². The Morgan fingerprint density at radius 2 is 2.00 bits per heavy atom. The lowest BCUT2D eigenvalue weighted by Crippen LogP contribution is -2.06. The molecule has 0 amide bonds. The summed E-state index contributed by atoms with van der Waals surface area (Å²) in [4.78, 5) is 4.67. The summed E-state index contributed by atoms with van der Waals surface area (Å²) in [6.07, 6.45) is 1.04. The summed E-state index contributed by atoms with van der Waals surface area (Å²) >= 11 is 8.18. The second kappa shape index (κ2) is 7.93. The van der Waals surface area contributed by atoms with Crippen LogP contribution in [0.3, 0.4) is 0 Å². The lowest BCUT2D eigenvalue weighted by atomic mass is 10.2. The molecule has 0 aliphatic heterocycles. The Morgan fingerprint density at radius 1 is 1.23 bits per heavy atom. The highest BCUT2D eigenvalue weighted by molar-refractivity contribution is 7.99. The van der Waals surface area contributed by atoms with Gasteiger partial charge in [-0.05, 0) is 38.2 Å². The fraction of sp³-hybridized carbons (Fsp3) is 0.471. The van der Waals surface area contributed by atoms with E-state index in [4.69, 9.17) is 21.1 Å². The van der Waals surface area contributed by atoms with Gasteiger partial charge in [0.25, 0.3) is 0 Å². The Morgan fingerprint density at radius 3 is 2.64 bits per heavy atom. The summed E-state index contributed by atoms with van der Waals surface area (Å²) in [6.45, 7) is 8.84. The van der Waals surface area contributed by atoms with Crippen molar-refractivity contribution in [2.75, 3.05) is 12.4 Å². The van der Waals surface area contributed by atoms with Gasteiger partial charge < -0.3 is 9.47 Å². The van der Waals surface area contributed by atoms with Crippen LogP contribution in [-0.4, -0.2) is 23.4 Å². The highest BCUT2D eigenvalue weighted by Crippen LogP contribution is 2.38. The van der Waals surface area contributed by atoms with E-state index in [1.54, 1.807) is 11.8 Å². The summed E-state index contributed by atoms with van der Waals surface area (Å²) in [6, 6.07) is 5.85. The number of hydrogen-bond acceptors (Lipinski definition) is 4. The molecule has 0 spiro atoms. The molecule has 0 aliphatic carbocycles. The Bertz CT molecular complexity index is 646. The Kier molecular flexibility index (Phi) is 6.21. The van der Waals surface area contributed by atoms with Crippen LogP contribution in [0.1, 0.15) is 34.1 Å². The molecule has 22 heavy (non-hydrogen) atoms. The summed E-state index contributed by atoms with van der Waals surface area (Å²) in [7, 11) is 0. The third-order valence-electron chi connectivity index (χ3n) is 2.94. The number of pyridine rings is 1. The van der Waals surface area contributed by atoms with E-state index in [0.717, 1.165) is 33.9 Å². The number of nitrogens with zero attached hydrogens (tertiary/aromatic N) is 1. The SMILES string of the molecule is CCCOc1ccc2c(OC(C)C)cc(SCC)nc2c1Cl. The van der Waals surface area contributed by atoms with Gasteiger partial charge in [0, 0.05) is 11.5 Å². The van der Waals surface area contributed by atoms with E-state index >= 15 is 0 Å². The van der Waals surface area contributed by atoms with Crippen molar-refractivity contribution in [2.24, 2.45) is 0 Å². The van der Waals surface area contributed by atoms with E-state index in [1.807, 2.05) is 32.0 Å². The lowest BCUT2D eigenvalue weighted by Gasteiger charge is -2.15. The van der Waals surface area contributed by atoms with Crippen molar-refractivity contribution in [3.05, 3.63) is 23.2 Å². The maximum atomic E-state index is 6.51. The zero-order chi connectivity index (χ0) is 16.1. The summed E-state index contributed by atoms with van der Waals surface area (Å²) in [5, 5.41) is 2.39. The van der Waals surface area contributed by atoms with Crippen LogP contribution in [0.5, 0.6) is 11.5 Å². The number of halogens is 1. The average molecular weight is 340 g/mol. The van der Waals surface area contributed by atoms with Gasteiger partial charge in [-0.15, -0.1) is 11.8 Å². The highest BCUT2D eigenvalue weighted by Gasteiger charge is 2.14. The van der Waals surface area contributed by atoms with Crippen LogP contribution >= 0.6 is 23.4 Å². The van der Waals surface area contributed by atoms with Crippen molar-refractivity contribution in [2.45, 2.75) is 45.2 Å². The monoisotopic (exact) mass is 339 g/mol. The highest BCUT2D eigenvalue weighted by atomic mass is 35.5. The molecule has 1 aromatic carbocycles. The topological polar surface area (TPSA) is 31.4 Å². The van der Waals surface area contributed by atoms with Gasteiger partial charge in [-0.2, -0.15) is 0 Å². The molecule has 0 atom stereocenters. The zero-order valence-corrected chi connectivity index (χ0v) is 15.1. The van der Waals surface area contributed by atoms with Crippen molar-refractivity contribution in [1.82, 2.24) is 4.98 Å². The average Bonchev–Trinajstić information content (AvgIpc) is 2.47. The molecule has 0 N–H and O–H groups in total. The van der Waals surface area contributed by atoms with Crippen LogP contribution in [0.2, 0.25) is 5.02 Å². The number of thioether (sulfide) groups is 1. The number of benzene rings is 1. The molecule has 0 saturated heterocycles. The Labute approximate surface area is 141 Å². The van der Waals surface area contributed by atoms with E-state index in [9.17, 15) is 0 Å². The van der Waals surface area contributed by atoms with E-state index in [2.05, 4.69) is 18.8 Å². The van der Waals surface area contributed by atoms with Crippen molar-refractivity contribution >= 4 is 34.3 Å². The van der Waals surface area contributed by atoms with Crippen LogP contribution in [0.25, 0.3) is 10.9 Å². The first-order chi connectivity index (χ1) is 10.6. The molecular weight excluding hydrogens is 318 g/mol. The molecule has 1 aromatic heterocycles. The maximum Gasteiger partial charge on any atom is 0.140 e. The second-order valence-corrected chi connectivity index (χ2v) is 6.84. The first-order valence-electron chi connectivity index (χ1n) is 7.62. The predicted octanol–water partition coefficient (Wildman–Crippen LogP) is 5.58. The fourth-order valence-corrected chi connectivity index (χ4v) is 2.99. The minimum atomic E-state index is 0.0971. The van der Waals surface area contributed by atoms with E-state index < -0.39 is 0 Å². The van der Waals surface area contributed by atoms with Gasteiger partial charge in [0.05, 0.1) is 18.2 Å². The van der Waals surface area contributed by atoms with Crippen molar-refractivity contribution in [1.29, 1.82) is 0 Å². The Hall–Kier alpha value is -1.13. The minimum Gasteiger partial charge on any atom is -0.492 e. The van der Waals surface area contributed by atoms with Gasteiger partial charge in [0.15, 0.2) is 0 Å². The molecule has 0 saturated carbocycles. The molecule has 1 heterocycles. The molecule has 5 heteroatoms. The van der Waals surface area contributed by atoms with Gasteiger partial charge in [0.1, 0.15) is 21.5 Å². The van der Waals surface area contributed by atoms with Gasteiger partial charge in [-0.3, -0.25) is 0 Å². The molecule has 120 valence electrons. The predicted molar refractivity (Wildman–Crippen MR) is 94.7 cm³/mol. The standard InChI is InChI=1S/C17H22ClNO2S/c1-5-9-20-13-8-7-12-14(21-11(3)4)10-15(22-6-2)19-17(12)16(13)18/h7-8,10-11H,5-6,9H2,1-4H3. The first kappa shape index (κ1) is 17.2. The molecule has 0 bridgehead atoms. The quantitative estimate of drug-likeness (QED) is 0.616. The molecule has 2 rings (SSSR count). The van der Waals surface area contributed by atoms with Crippen LogP contribution < -0.4 is 9.47 Å². The minimum absolute atomic E-state index is 0.0971. The number of aromatic nitrogens is 1. The fourth-order valence-electron chi connectivity index (χ4n) is 2.08. The van der Waals surface area contributed by atoms with Gasteiger partial charge in [-0.25, -0.2) is 4.98 Å². The van der Waals surface area contributed by atoms with Crippen LogP contribution in [0.4, 0.5) is 0 Å². The molecule has 0 unspecified atom stereocenters. The number of hydrogen-bond donors (Lipinski definition) is 0. The zero-order valence-electron chi connectivity index (χ0n) is 13.5. The van der Waals surface area contributed by atoms with E-state index in [-0.39, 0.29) is 6.10 Å². The molecular formula is C17H22ClNO2S. The van der Waals surface area contributed by atoms with Crippen LogP contribution in [-0.2, 0) is 0 Å². The van der Waals surface area contributed by atoms with Crippen LogP contribution in [0.15, 0.2) is 23.2 Å². The van der Waals surface area contributed by atoms with Gasteiger partial charge in [-0.1, -0.05) is 25.4 Å². The van der Waals surface area contributed by atoms with Crippen molar-refractivity contribution in [3.63, 3.8) is 0 Å². The molecule has 0 radical (unpaired) electrons. The summed E-state index contributed by atoms with van der Waals surface area (Å²) in [5.74, 6) is 2.45. The van der Waals surface area contributed by atoms with E-state index in [0.29, 0.717) is 17.4 Å². The number of rotatable bonds is 7. The largest absolute Gasteiger partial charge is 0.492 e. The normalized spacial score (nSPS) is 11.2. The summed E-state index contributed by atoms with van der Waals surface area (Å²) in [5.41, 5.74) is 0.740. The Balaban J connectivity index is 2.56. The maximum absolute atomic E-state index is 6.51. The number of ether oxygens (including phenoxy) is 2. The molecule has 2 aromatic rings. The third kappa shape index (κ3) is 3.99. The summed E-state index contributed by atoms with van der Waals surface area (Å²) < 4.78 is 11.6. The van der Waals surface area contributed by atoms with Crippen molar-refractivity contribution in [3.8, 4) is 11.5 Å². The van der Waals surface area contributed by atoms with Crippen LogP contribution in [0, 0.1) is 0 Å². The first-order valence-corrected chi connectivity index (χ1v) is 8.98. The lowest BCUT2D eigenvalue weighted by molar-refractivity contribution is 0.245. The van der Waals surface area contributed by atoms with Gasteiger partial charge in [0.2, 0.25) is 0 Å². The van der Waals surface area contributed by atoms with Gasteiger partial charge >= 0.3 is 0 Å². The molecule has 0 fully saturated rings.